The molecule has 0 saturated heterocycles. The number of aromatic nitrogens is 1. The molecule has 1 aliphatic rings. The molecule has 0 bridgehead atoms. The van der Waals surface area contributed by atoms with Gasteiger partial charge in [-0.2, -0.15) is 0 Å². The summed E-state index contributed by atoms with van der Waals surface area (Å²) in [6.07, 6.45) is 7.27. The molecule has 1 saturated carbocycles. The van der Waals surface area contributed by atoms with Crippen LogP contribution >= 0.6 is 0 Å². The van der Waals surface area contributed by atoms with E-state index in [1.54, 1.807) is 0 Å². The second kappa shape index (κ2) is 3.77. The highest BCUT2D eigenvalue weighted by Crippen LogP contribution is 2.23. The quantitative estimate of drug-likeness (QED) is 0.693. The SMILES string of the molecule is Cc1ccc(OC2CCCC2)cn1. The standard InChI is InChI=1S/C11H15NO/c1-9-6-7-11(8-12-9)13-10-4-2-3-5-10/h6-8,10H,2-5H2,1H3. The van der Waals surface area contributed by atoms with Gasteiger partial charge in [-0.1, -0.05) is 0 Å². The molecule has 0 unspecified atom stereocenters. The molecule has 2 rings (SSSR count). The topological polar surface area (TPSA) is 22.1 Å². The third-order valence-corrected chi connectivity index (χ3v) is 2.49. The first-order valence-electron chi connectivity index (χ1n) is 4.94. The van der Waals surface area contributed by atoms with E-state index in [9.17, 15) is 0 Å². The first-order valence-corrected chi connectivity index (χ1v) is 4.94. The number of ether oxygens (including phenoxy) is 1. The van der Waals surface area contributed by atoms with Crippen LogP contribution in [-0.2, 0) is 0 Å². The Morgan fingerprint density at radius 2 is 2.08 bits per heavy atom. The number of rotatable bonds is 2. The summed E-state index contributed by atoms with van der Waals surface area (Å²) in [6, 6.07) is 3.99. The van der Waals surface area contributed by atoms with Gasteiger partial charge in [0.25, 0.3) is 0 Å². The van der Waals surface area contributed by atoms with Crippen LogP contribution in [0.5, 0.6) is 5.75 Å². The zero-order valence-electron chi connectivity index (χ0n) is 7.99. The summed E-state index contributed by atoms with van der Waals surface area (Å²) in [5, 5.41) is 0. The summed E-state index contributed by atoms with van der Waals surface area (Å²) in [6.45, 7) is 1.99. The highest BCUT2D eigenvalue weighted by atomic mass is 16.5. The van der Waals surface area contributed by atoms with Crippen LogP contribution in [0.15, 0.2) is 18.3 Å². The monoisotopic (exact) mass is 177 g/mol. The molecule has 0 amide bonds. The van der Waals surface area contributed by atoms with Crippen LogP contribution in [0.1, 0.15) is 31.4 Å². The van der Waals surface area contributed by atoms with E-state index in [1.165, 1.54) is 25.7 Å². The third-order valence-electron chi connectivity index (χ3n) is 2.49. The first kappa shape index (κ1) is 8.54. The highest BCUT2D eigenvalue weighted by Gasteiger charge is 2.16. The van der Waals surface area contributed by atoms with Gasteiger partial charge in [0.2, 0.25) is 0 Å². The van der Waals surface area contributed by atoms with Crippen molar-refractivity contribution >= 4 is 0 Å². The summed E-state index contributed by atoms with van der Waals surface area (Å²) in [7, 11) is 0. The van der Waals surface area contributed by atoms with Gasteiger partial charge < -0.3 is 4.74 Å². The molecule has 0 spiro atoms. The van der Waals surface area contributed by atoms with E-state index in [0.717, 1.165) is 11.4 Å². The molecule has 2 nitrogen and oxygen atoms in total. The van der Waals surface area contributed by atoms with Crippen LogP contribution in [0.3, 0.4) is 0 Å². The zero-order valence-corrected chi connectivity index (χ0v) is 7.99. The lowest BCUT2D eigenvalue weighted by Gasteiger charge is -2.12. The minimum absolute atomic E-state index is 0.435. The predicted molar refractivity (Wildman–Crippen MR) is 51.9 cm³/mol. The summed E-state index contributed by atoms with van der Waals surface area (Å²) in [5.74, 6) is 0.914. The normalized spacial score (nSPS) is 17.6. The van der Waals surface area contributed by atoms with Crippen molar-refractivity contribution in [1.82, 2.24) is 4.98 Å². The van der Waals surface area contributed by atoms with Gasteiger partial charge in [0, 0.05) is 5.69 Å². The van der Waals surface area contributed by atoms with Crippen molar-refractivity contribution in [3.63, 3.8) is 0 Å². The summed E-state index contributed by atoms with van der Waals surface area (Å²) < 4.78 is 5.77. The van der Waals surface area contributed by atoms with Crippen LogP contribution in [0.4, 0.5) is 0 Å². The minimum atomic E-state index is 0.435. The van der Waals surface area contributed by atoms with E-state index >= 15 is 0 Å². The van der Waals surface area contributed by atoms with Gasteiger partial charge >= 0.3 is 0 Å². The molecule has 1 fully saturated rings. The number of aryl methyl sites for hydroxylation is 1. The predicted octanol–water partition coefficient (Wildman–Crippen LogP) is 2.71. The highest BCUT2D eigenvalue weighted by molar-refractivity contribution is 5.19. The van der Waals surface area contributed by atoms with E-state index in [2.05, 4.69) is 4.98 Å². The molecule has 1 aromatic heterocycles. The van der Waals surface area contributed by atoms with Crippen LogP contribution in [0.25, 0.3) is 0 Å². The van der Waals surface area contributed by atoms with Gasteiger partial charge in [-0.3, -0.25) is 4.98 Å². The Kier molecular flexibility index (Phi) is 2.48. The van der Waals surface area contributed by atoms with E-state index < -0.39 is 0 Å². The van der Waals surface area contributed by atoms with E-state index in [4.69, 9.17) is 4.74 Å². The minimum Gasteiger partial charge on any atom is -0.489 e. The van der Waals surface area contributed by atoms with Gasteiger partial charge in [0.1, 0.15) is 5.75 Å². The van der Waals surface area contributed by atoms with Gasteiger partial charge in [0.05, 0.1) is 12.3 Å². The molecular formula is C11H15NO. The van der Waals surface area contributed by atoms with Crippen LogP contribution in [0.2, 0.25) is 0 Å². The van der Waals surface area contributed by atoms with Gasteiger partial charge in [-0.15, -0.1) is 0 Å². The van der Waals surface area contributed by atoms with Gasteiger partial charge in [0.15, 0.2) is 0 Å². The Morgan fingerprint density at radius 3 is 2.69 bits per heavy atom. The molecule has 0 aromatic carbocycles. The molecule has 70 valence electrons. The largest absolute Gasteiger partial charge is 0.489 e. The maximum atomic E-state index is 5.77. The lowest BCUT2D eigenvalue weighted by molar-refractivity contribution is 0.209. The Morgan fingerprint density at radius 1 is 1.31 bits per heavy atom. The van der Waals surface area contributed by atoms with Crippen molar-refractivity contribution in [1.29, 1.82) is 0 Å². The molecule has 1 aromatic rings. The molecule has 0 atom stereocenters. The van der Waals surface area contributed by atoms with Crippen molar-refractivity contribution in [2.75, 3.05) is 0 Å². The molecule has 0 aliphatic heterocycles. The maximum Gasteiger partial charge on any atom is 0.138 e. The fourth-order valence-corrected chi connectivity index (χ4v) is 1.72. The van der Waals surface area contributed by atoms with Crippen molar-refractivity contribution in [2.45, 2.75) is 38.7 Å². The number of hydrogen-bond donors (Lipinski definition) is 0. The second-order valence-corrected chi connectivity index (χ2v) is 3.66. The van der Waals surface area contributed by atoms with Gasteiger partial charge in [-0.05, 0) is 44.7 Å². The van der Waals surface area contributed by atoms with Gasteiger partial charge in [-0.25, -0.2) is 0 Å². The third kappa shape index (κ3) is 2.20. The number of pyridine rings is 1. The molecule has 0 radical (unpaired) electrons. The maximum absolute atomic E-state index is 5.77. The Balaban J connectivity index is 1.97. The van der Waals surface area contributed by atoms with Crippen LogP contribution < -0.4 is 4.74 Å². The molecule has 1 aliphatic carbocycles. The van der Waals surface area contributed by atoms with E-state index in [0.29, 0.717) is 6.10 Å². The van der Waals surface area contributed by atoms with Crippen LogP contribution in [-0.4, -0.2) is 11.1 Å². The fraction of sp³-hybridized carbons (Fsp3) is 0.545. The zero-order chi connectivity index (χ0) is 9.10. The van der Waals surface area contributed by atoms with Crippen LogP contribution in [0, 0.1) is 6.92 Å². The lowest BCUT2D eigenvalue weighted by atomic mass is 10.3. The number of nitrogens with zero attached hydrogens (tertiary/aromatic N) is 1. The molecular weight excluding hydrogens is 162 g/mol. The fourth-order valence-electron chi connectivity index (χ4n) is 1.72. The smallest absolute Gasteiger partial charge is 0.138 e. The van der Waals surface area contributed by atoms with Crippen molar-refractivity contribution in [3.8, 4) is 5.75 Å². The molecule has 13 heavy (non-hydrogen) atoms. The lowest BCUT2D eigenvalue weighted by Crippen LogP contribution is -2.10. The van der Waals surface area contributed by atoms with Crippen molar-refractivity contribution in [3.05, 3.63) is 24.0 Å². The van der Waals surface area contributed by atoms with E-state index in [1.807, 2.05) is 25.3 Å². The average molecular weight is 177 g/mol. The van der Waals surface area contributed by atoms with Crippen molar-refractivity contribution in [2.24, 2.45) is 0 Å². The summed E-state index contributed by atoms with van der Waals surface area (Å²) in [5.41, 5.74) is 1.04. The number of hydrogen-bond acceptors (Lipinski definition) is 2. The molecule has 0 N–H and O–H groups in total. The average Bonchev–Trinajstić information content (AvgIpc) is 2.62. The first-order chi connectivity index (χ1) is 6.34. The van der Waals surface area contributed by atoms with Crippen molar-refractivity contribution < 1.29 is 4.74 Å². The molecule has 2 heteroatoms. The summed E-state index contributed by atoms with van der Waals surface area (Å²) in [4.78, 5) is 4.20. The Labute approximate surface area is 78.9 Å². The second-order valence-electron chi connectivity index (χ2n) is 3.66. The van der Waals surface area contributed by atoms with E-state index in [-0.39, 0.29) is 0 Å². The Hall–Kier alpha value is -1.05. The molecule has 1 heterocycles. The Bertz CT molecular complexity index is 262. The summed E-state index contributed by atoms with van der Waals surface area (Å²) >= 11 is 0.